The molecule has 3 rings (SSSR count). The highest BCUT2D eigenvalue weighted by molar-refractivity contribution is 7.87. The lowest BCUT2D eigenvalue weighted by Crippen LogP contribution is -2.11. The van der Waals surface area contributed by atoms with Gasteiger partial charge in [-0.25, -0.2) is 0 Å². The molecule has 0 unspecified atom stereocenters. The van der Waals surface area contributed by atoms with Gasteiger partial charge in [0.15, 0.2) is 5.75 Å². The maximum absolute atomic E-state index is 12.6. The van der Waals surface area contributed by atoms with E-state index in [0.29, 0.717) is 10.9 Å². The number of nitrogens with zero attached hydrogens (tertiary/aromatic N) is 1. The van der Waals surface area contributed by atoms with Crippen molar-refractivity contribution in [2.75, 3.05) is 0 Å². The number of pyridine rings is 1. The van der Waals surface area contributed by atoms with Gasteiger partial charge in [-0.05, 0) is 24.3 Å². The summed E-state index contributed by atoms with van der Waals surface area (Å²) < 4.78 is 30.3. The second-order valence-electron chi connectivity index (χ2n) is 4.57. The van der Waals surface area contributed by atoms with Gasteiger partial charge in [0.05, 0.1) is 15.6 Å². The maximum atomic E-state index is 12.6. The highest BCUT2D eigenvalue weighted by Gasteiger charge is 2.23. The highest BCUT2D eigenvalue weighted by Crippen LogP contribution is 2.38. The number of benzene rings is 2. The average Bonchev–Trinajstić information content (AvgIpc) is 2.50. The number of para-hydroxylation sites is 1. The molecule has 3 aromatic rings. The molecular formula is C15H8Cl3NO3S. The molecule has 0 atom stereocenters. The van der Waals surface area contributed by atoms with Crippen LogP contribution in [0.5, 0.6) is 5.75 Å². The summed E-state index contributed by atoms with van der Waals surface area (Å²) in [6.45, 7) is 0. The van der Waals surface area contributed by atoms with Gasteiger partial charge in [-0.3, -0.25) is 4.98 Å². The highest BCUT2D eigenvalue weighted by atomic mass is 35.5. The number of halogens is 3. The van der Waals surface area contributed by atoms with E-state index in [4.69, 9.17) is 39.0 Å². The van der Waals surface area contributed by atoms with Crippen LogP contribution in [0.2, 0.25) is 15.1 Å². The second-order valence-corrected chi connectivity index (χ2v) is 7.33. The first-order valence-corrected chi connectivity index (χ1v) is 8.85. The minimum Gasteiger partial charge on any atom is -0.376 e. The van der Waals surface area contributed by atoms with Gasteiger partial charge in [-0.1, -0.05) is 53.0 Å². The van der Waals surface area contributed by atoms with E-state index in [1.165, 1.54) is 24.4 Å². The molecule has 0 aliphatic rings. The van der Waals surface area contributed by atoms with Crippen LogP contribution in [0.1, 0.15) is 0 Å². The van der Waals surface area contributed by atoms with E-state index >= 15 is 0 Å². The van der Waals surface area contributed by atoms with Gasteiger partial charge in [0.2, 0.25) is 0 Å². The van der Waals surface area contributed by atoms with Gasteiger partial charge in [0.25, 0.3) is 0 Å². The van der Waals surface area contributed by atoms with E-state index in [2.05, 4.69) is 4.98 Å². The Morgan fingerprint density at radius 3 is 2.30 bits per heavy atom. The van der Waals surface area contributed by atoms with Gasteiger partial charge in [0, 0.05) is 16.6 Å². The molecule has 4 nitrogen and oxygen atoms in total. The van der Waals surface area contributed by atoms with E-state index in [-0.39, 0.29) is 25.7 Å². The van der Waals surface area contributed by atoms with E-state index in [1.54, 1.807) is 24.3 Å². The number of rotatable bonds is 3. The molecular weight excluding hydrogens is 381 g/mol. The zero-order valence-corrected chi connectivity index (χ0v) is 14.4. The lowest BCUT2D eigenvalue weighted by molar-refractivity contribution is 0.487. The van der Waals surface area contributed by atoms with Crippen LogP contribution in [-0.2, 0) is 10.1 Å². The van der Waals surface area contributed by atoms with Crippen molar-refractivity contribution in [2.24, 2.45) is 0 Å². The Kier molecular flexibility index (Phi) is 4.38. The van der Waals surface area contributed by atoms with Gasteiger partial charge >= 0.3 is 10.1 Å². The number of aromatic nitrogens is 1. The Bertz CT molecular complexity index is 978. The molecule has 0 bridgehead atoms. The Balaban J connectivity index is 2.12. The lowest BCUT2D eigenvalue weighted by Gasteiger charge is -2.11. The van der Waals surface area contributed by atoms with Gasteiger partial charge < -0.3 is 4.18 Å². The van der Waals surface area contributed by atoms with Crippen molar-refractivity contribution >= 4 is 55.8 Å². The van der Waals surface area contributed by atoms with Crippen LogP contribution in [-0.4, -0.2) is 13.4 Å². The first-order valence-electron chi connectivity index (χ1n) is 6.31. The Hall–Kier alpha value is -1.53. The van der Waals surface area contributed by atoms with E-state index in [0.717, 1.165) is 0 Å². The molecule has 8 heteroatoms. The van der Waals surface area contributed by atoms with Gasteiger partial charge in [0.1, 0.15) is 4.90 Å². The molecule has 0 aliphatic heterocycles. The average molecular weight is 389 g/mol. The third-order valence-electron chi connectivity index (χ3n) is 3.02. The summed E-state index contributed by atoms with van der Waals surface area (Å²) in [5.74, 6) is -0.175. The van der Waals surface area contributed by atoms with E-state index in [1.807, 2.05) is 0 Å². The summed E-state index contributed by atoms with van der Waals surface area (Å²) in [5, 5.41) is 0.945. The van der Waals surface area contributed by atoms with Crippen LogP contribution < -0.4 is 4.18 Å². The molecule has 118 valence electrons. The number of hydrogen-bond acceptors (Lipinski definition) is 4. The summed E-state index contributed by atoms with van der Waals surface area (Å²) in [4.78, 5) is 4.03. The molecule has 0 aliphatic carbocycles. The normalized spacial score (nSPS) is 11.6. The fraction of sp³-hybridized carbons (Fsp3) is 0. The zero-order chi connectivity index (χ0) is 16.6. The van der Waals surface area contributed by atoms with Crippen molar-refractivity contribution in [2.45, 2.75) is 4.90 Å². The smallest absolute Gasteiger partial charge is 0.341 e. The third kappa shape index (κ3) is 3.23. The summed E-state index contributed by atoms with van der Waals surface area (Å²) in [7, 11) is -4.17. The van der Waals surface area contributed by atoms with E-state index < -0.39 is 10.1 Å². The lowest BCUT2D eigenvalue weighted by atomic mass is 10.2. The van der Waals surface area contributed by atoms with Crippen LogP contribution in [0.4, 0.5) is 0 Å². The van der Waals surface area contributed by atoms with Crippen molar-refractivity contribution in [1.29, 1.82) is 0 Å². The van der Waals surface area contributed by atoms with Gasteiger partial charge in [-0.2, -0.15) is 8.42 Å². The molecule has 0 saturated heterocycles. The summed E-state index contributed by atoms with van der Waals surface area (Å²) >= 11 is 17.7. The monoisotopic (exact) mass is 387 g/mol. The fourth-order valence-electron chi connectivity index (χ4n) is 2.04. The quantitative estimate of drug-likeness (QED) is 0.595. The number of hydrogen-bond donors (Lipinski definition) is 0. The van der Waals surface area contributed by atoms with Crippen LogP contribution in [0.3, 0.4) is 0 Å². The second kappa shape index (κ2) is 6.17. The Labute approximate surface area is 147 Å². The molecule has 1 aromatic heterocycles. The molecule has 1 heterocycles. The Morgan fingerprint density at radius 1 is 0.957 bits per heavy atom. The summed E-state index contributed by atoms with van der Waals surface area (Å²) in [6.07, 6.45) is 1.50. The predicted molar refractivity (Wildman–Crippen MR) is 91.0 cm³/mol. The van der Waals surface area contributed by atoms with Gasteiger partial charge in [-0.15, -0.1) is 0 Å². The predicted octanol–water partition coefficient (Wildman–Crippen LogP) is 4.96. The van der Waals surface area contributed by atoms with Crippen LogP contribution in [0, 0.1) is 0 Å². The van der Waals surface area contributed by atoms with E-state index in [9.17, 15) is 8.42 Å². The first kappa shape index (κ1) is 16.3. The topological polar surface area (TPSA) is 56.3 Å². The molecule has 0 N–H and O–H groups in total. The standard InChI is InChI=1S/C15H8Cl3NO3S/c16-10-7-11(17)15(12(18)8-10)22-23(20,21)13-5-1-3-9-4-2-6-19-14(9)13/h1-8H. The minimum atomic E-state index is -4.17. The van der Waals surface area contributed by atoms with Crippen LogP contribution in [0.25, 0.3) is 10.9 Å². The molecule has 0 amide bonds. The van der Waals surface area contributed by atoms with Crippen molar-refractivity contribution in [3.8, 4) is 5.75 Å². The molecule has 0 radical (unpaired) electrons. The molecule has 0 saturated carbocycles. The first-order chi connectivity index (χ1) is 10.9. The van der Waals surface area contributed by atoms with Crippen molar-refractivity contribution in [1.82, 2.24) is 4.98 Å². The van der Waals surface area contributed by atoms with Crippen molar-refractivity contribution in [3.05, 3.63) is 63.7 Å². The summed E-state index contributed by atoms with van der Waals surface area (Å²) in [5.41, 5.74) is 0.302. The zero-order valence-electron chi connectivity index (χ0n) is 11.3. The fourth-order valence-corrected chi connectivity index (χ4v) is 4.17. The maximum Gasteiger partial charge on any atom is 0.341 e. The molecule has 0 spiro atoms. The minimum absolute atomic E-state index is 0.000675. The third-order valence-corrected chi connectivity index (χ3v) is 5.06. The van der Waals surface area contributed by atoms with Crippen molar-refractivity contribution in [3.63, 3.8) is 0 Å². The molecule has 2 aromatic carbocycles. The van der Waals surface area contributed by atoms with Crippen molar-refractivity contribution < 1.29 is 12.6 Å². The number of fused-ring (bicyclic) bond motifs is 1. The molecule has 0 fully saturated rings. The van der Waals surface area contributed by atoms with Crippen LogP contribution in [0.15, 0.2) is 53.6 Å². The SMILES string of the molecule is O=S(=O)(Oc1c(Cl)cc(Cl)cc1Cl)c1cccc2cccnc12. The largest absolute Gasteiger partial charge is 0.376 e. The summed E-state index contributed by atoms with van der Waals surface area (Å²) in [6, 6.07) is 10.9. The Morgan fingerprint density at radius 2 is 1.61 bits per heavy atom. The molecule has 23 heavy (non-hydrogen) atoms. The van der Waals surface area contributed by atoms with Crippen LogP contribution >= 0.6 is 34.8 Å².